The van der Waals surface area contributed by atoms with Crippen molar-refractivity contribution in [3.8, 4) is 10.4 Å². The number of hydrogen-bond acceptors (Lipinski definition) is 6. The van der Waals surface area contributed by atoms with Crippen LogP contribution in [0.15, 0.2) is 34.7 Å². The van der Waals surface area contributed by atoms with Gasteiger partial charge in [-0.05, 0) is 36.6 Å². The number of halogens is 3. The number of aromatic nitrogens is 2. The van der Waals surface area contributed by atoms with Crippen LogP contribution in [0.4, 0.5) is 18.0 Å². The van der Waals surface area contributed by atoms with Gasteiger partial charge in [0.1, 0.15) is 9.86 Å². The van der Waals surface area contributed by atoms with Gasteiger partial charge in [0.2, 0.25) is 10.0 Å². The van der Waals surface area contributed by atoms with Crippen LogP contribution in [0.5, 0.6) is 0 Å². The first-order valence-corrected chi connectivity index (χ1v) is 12.6. The Kier molecular flexibility index (Phi) is 8.75. The second-order valence-electron chi connectivity index (χ2n) is 8.71. The number of carboxylic acids is 1. The van der Waals surface area contributed by atoms with Crippen LogP contribution < -0.4 is 10.0 Å². The zero-order chi connectivity index (χ0) is 27.5. The summed E-state index contributed by atoms with van der Waals surface area (Å²) in [6.07, 6.45) is -4.59. The third-order valence-electron chi connectivity index (χ3n) is 4.84. The number of nitrogens with one attached hydrogen (secondary N) is 3. The summed E-state index contributed by atoms with van der Waals surface area (Å²) in [6, 6.07) is 6.60. The van der Waals surface area contributed by atoms with Crippen molar-refractivity contribution in [1.29, 1.82) is 0 Å². The van der Waals surface area contributed by atoms with Gasteiger partial charge >= 0.3 is 18.2 Å². The fourth-order valence-corrected chi connectivity index (χ4v) is 5.41. The molecule has 1 unspecified atom stereocenters. The highest BCUT2D eigenvalue weighted by molar-refractivity contribution is 7.91. The van der Waals surface area contributed by atoms with Crippen molar-refractivity contribution in [3.05, 3.63) is 36.2 Å². The lowest BCUT2D eigenvalue weighted by atomic mass is 9.87. The first kappa shape index (κ1) is 29.1. The van der Waals surface area contributed by atoms with Gasteiger partial charge in [0, 0.05) is 34.3 Å². The van der Waals surface area contributed by atoms with E-state index in [1.165, 1.54) is 0 Å². The van der Waals surface area contributed by atoms with Crippen LogP contribution in [0, 0.1) is 12.3 Å². The van der Waals surface area contributed by atoms with Gasteiger partial charge in [-0.3, -0.25) is 0 Å². The zero-order valence-corrected chi connectivity index (χ0v) is 21.2. The van der Waals surface area contributed by atoms with E-state index in [0.717, 1.165) is 38.5 Å². The smallest absolute Gasteiger partial charge is 0.475 e. The van der Waals surface area contributed by atoms with E-state index in [0.29, 0.717) is 0 Å². The van der Waals surface area contributed by atoms with Crippen molar-refractivity contribution in [1.82, 2.24) is 20.0 Å². The van der Waals surface area contributed by atoms with E-state index in [-0.39, 0.29) is 10.8 Å². The third kappa shape index (κ3) is 7.66. The first-order valence-electron chi connectivity index (χ1n) is 10.3. The number of pyridine rings is 1. The second-order valence-corrected chi connectivity index (χ2v) is 11.8. The van der Waals surface area contributed by atoms with Crippen molar-refractivity contribution in [2.45, 2.75) is 44.1 Å². The maximum absolute atomic E-state index is 12.8. The van der Waals surface area contributed by atoms with E-state index in [1.54, 1.807) is 18.3 Å². The Hall–Kier alpha value is -3.17. The van der Waals surface area contributed by atoms with Crippen molar-refractivity contribution in [2.24, 2.45) is 5.41 Å². The number of fused-ring (bicyclic) bond motifs is 1. The normalized spacial score (nSPS) is 13.1. The Balaban J connectivity index is 0.000000572. The van der Waals surface area contributed by atoms with Crippen LogP contribution in [0.1, 0.15) is 26.5 Å². The molecule has 3 aromatic heterocycles. The summed E-state index contributed by atoms with van der Waals surface area (Å²) in [4.78, 5) is 28.2. The summed E-state index contributed by atoms with van der Waals surface area (Å²) in [5.41, 5.74) is 2.19. The molecule has 0 radical (unpaired) electrons. The summed E-state index contributed by atoms with van der Waals surface area (Å²) in [5, 5.41) is 19.5. The molecule has 0 aliphatic rings. The van der Waals surface area contributed by atoms with E-state index < -0.39 is 39.7 Å². The third-order valence-corrected chi connectivity index (χ3v) is 7.88. The lowest BCUT2D eigenvalue weighted by Gasteiger charge is -2.30. The van der Waals surface area contributed by atoms with E-state index in [4.69, 9.17) is 15.0 Å². The highest BCUT2D eigenvalue weighted by atomic mass is 32.2. The van der Waals surface area contributed by atoms with E-state index in [2.05, 4.69) is 20.0 Å². The van der Waals surface area contributed by atoms with E-state index >= 15 is 0 Å². The Morgan fingerprint density at radius 1 is 1.17 bits per heavy atom. The molecule has 0 fully saturated rings. The Bertz CT molecular complexity index is 1340. The van der Waals surface area contributed by atoms with Gasteiger partial charge in [-0.15, -0.1) is 11.3 Å². The van der Waals surface area contributed by atoms with Crippen LogP contribution in [0.25, 0.3) is 21.5 Å². The van der Waals surface area contributed by atoms with Crippen LogP contribution >= 0.6 is 11.3 Å². The number of nitrogens with zero attached hydrogens (tertiary/aromatic N) is 1. The van der Waals surface area contributed by atoms with Gasteiger partial charge in [-0.1, -0.05) is 20.8 Å². The van der Waals surface area contributed by atoms with Crippen molar-refractivity contribution < 1.29 is 41.4 Å². The number of rotatable bonds is 6. The van der Waals surface area contributed by atoms with Crippen molar-refractivity contribution in [3.63, 3.8) is 0 Å². The highest BCUT2D eigenvalue weighted by Gasteiger charge is 2.38. The predicted octanol–water partition coefficient (Wildman–Crippen LogP) is 4.19. The molecule has 0 aromatic carbocycles. The molecule has 3 aromatic rings. The summed E-state index contributed by atoms with van der Waals surface area (Å²) >= 11 is 1.16. The van der Waals surface area contributed by atoms with Crippen LogP contribution in [0.2, 0.25) is 0 Å². The van der Waals surface area contributed by atoms with Gasteiger partial charge in [0.15, 0.2) is 0 Å². The Labute approximate surface area is 208 Å². The maximum atomic E-state index is 12.8. The minimum absolute atomic E-state index is 0.0398. The SMILES string of the molecule is Cc1cc2c(-c3ccc(S(=O)(=O)NCC(NC(=O)O)C(C)(C)C)s3)ccnc2[nH]1.O=C(O)C(F)(F)F. The van der Waals surface area contributed by atoms with Gasteiger partial charge in [0.05, 0.1) is 6.04 Å². The summed E-state index contributed by atoms with van der Waals surface area (Å²) in [5.74, 6) is -2.76. The van der Waals surface area contributed by atoms with Gasteiger partial charge < -0.3 is 20.5 Å². The molecular weight excluding hydrogens is 525 g/mol. The van der Waals surface area contributed by atoms with Crippen molar-refractivity contribution in [2.75, 3.05) is 6.54 Å². The number of thiophene rings is 1. The number of sulfonamides is 1. The molecule has 0 bridgehead atoms. The molecule has 0 saturated carbocycles. The van der Waals surface area contributed by atoms with E-state index in [9.17, 15) is 26.4 Å². The minimum atomic E-state index is -5.08. The molecule has 0 saturated heterocycles. The summed E-state index contributed by atoms with van der Waals surface area (Å²) in [6.45, 7) is 7.44. The molecule has 15 heteroatoms. The van der Waals surface area contributed by atoms with Gasteiger partial charge in [-0.25, -0.2) is 27.7 Å². The van der Waals surface area contributed by atoms with Gasteiger partial charge in [0.25, 0.3) is 0 Å². The summed E-state index contributed by atoms with van der Waals surface area (Å²) in [7, 11) is -3.77. The molecule has 3 heterocycles. The topological polar surface area (TPSA) is 161 Å². The molecule has 10 nitrogen and oxygen atoms in total. The number of carboxylic acid groups (broad SMARTS) is 2. The number of carbonyl (C=O) groups is 2. The van der Waals surface area contributed by atoms with E-state index in [1.807, 2.05) is 39.8 Å². The zero-order valence-electron chi connectivity index (χ0n) is 19.6. The van der Waals surface area contributed by atoms with Gasteiger partial charge in [-0.2, -0.15) is 13.2 Å². The van der Waals surface area contributed by atoms with Crippen LogP contribution in [-0.2, 0) is 14.8 Å². The molecule has 0 spiro atoms. The number of H-pyrrole nitrogens is 1. The lowest BCUT2D eigenvalue weighted by molar-refractivity contribution is -0.192. The fraction of sp³-hybridized carbons (Fsp3) is 0.381. The summed E-state index contributed by atoms with van der Waals surface area (Å²) < 4.78 is 60.0. The molecule has 198 valence electrons. The number of aliphatic carboxylic acids is 1. The Morgan fingerprint density at radius 2 is 1.78 bits per heavy atom. The standard InChI is InChI=1S/C19H24N4O4S2.C2HF3O2/c1-11-9-13-12(7-8-20-17(13)22-11)14-5-6-16(28-14)29(26,27)21-10-15(19(2,3)4)23-18(24)25;3-2(4,5)1(6)7/h5-9,15,21,23H,10H2,1-4H3,(H,20,22)(H,24,25);(H,6,7). The lowest BCUT2D eigenvalue weighted by Crippen LogP contribution is -2.50. The molecule has 0 aliphatic heterocycles. The number of alkyl halides is 3. The second kappa shape index (κ2) is 10.8. The predicted molar refractivity (Wildman–Crippen MR) is 127 cm³/mol. The quantitative estimate of drug-likeness (QED) is 0.307. The molecule has 1 amide bonds. The number of hydrogen-bond donors (Lipinski definition) is 5. The molecule has 5 N–H and O–H groups in total. The van der Waals surface area contributed by atoms with Crippen LogP contribution in [0.3, 0.4) is 0 Å². The monoisotopic (exact) mass is 550 g/mol. The number of aryl methyl sites for hydroxylation is 1. The highest BCUT2D eigenvalue weighted by Crippen LogP contribution is 2.35. The molecular formula is C21H25F3N4O6S2. The molecule has 0 aliphatic carbocycles. The molecule has 36 heavy (non-hydrogen) atoms. The van der Waals surface area contributed by atoms with Crippen LogP contribution in [-0.4, -0.2) is 59.4 Å². The molecule has 3 rings (SSSR count). The minimum Gasteiger partial charge on any atom is -0.475 e. The fourth-order valence-electron chi connectivity index (χ4n) is 2.97. The average molecular weight is 551 g/mol. The average Bonchev–Trinajstić information content (AvgIpc) is 3.36. The largest absolute Gasteiger partial charge is 0.490 e. The van der Waals surface area contributed by atoms with Crippen molar-refractivity contribution >= 4 is 44.5 Å². The number of aromatic amines is 1. The maximum Gasteiger partial charge on any atom is 0.490 e. The molecule has 1 atom stereocenters. The Morgan fingerprint density at radius 3 is 2.31 bits per heavy atom. The first-order chi connectivity index (χ1) is 16.4. The number of amides is 1.